The van der Waals surface area contributed by atoms with Crippen molar-refractivity contribution in [3.8, 4) is 0 Å². The van der Waals surface area contributed by atoms with Crippen molar-refractivity contribution in [1.82, 2.24) is 9.88 Å². The number of nitrogens with zero attached hydrogens (tertiary/aromatic N) is 2. The van der Waals surface area contributed by atoms with Gasteiger partial charge in [-0.05, 0) is 32.6 Å². The standard InChI is InChI=1S/C12H19N3OS.ClH/c1-8(13)10-4-3-5-15(7-10)12(16)11-6-14-9(2)17-11;/h6,8,10H,3-5,7,13H2,1-2H3;1H. The van der Waals surface area contributed by atoms with Gasteiger partial charge in [0.25, 0.3) is 5.91 Å². The number of piperidine rings is 1. The summed E-state index contributed by atoms with van der Waals surface area (Å²) < 4.78 is 0. The highest BCUT2D eigenvalue weighted by atomic mass is 35.5. The van der Waals surface area contributed by atoms with E-state index in [-0.39, 0.29) is 24.4 Å². The maximum absolute atomic E-state index is 12.2. The number of hydrogen-bond acceptors (Lipinski definition) is 4. The van der Waals surface area contributed by atoms with Crippen molar-refractivity contribution in [2.24, 2.45) is 11.7 Å². The average Bonchev–Trinajstić information content (AvgIpc) is 2.75. The predicted molar refractivity (Wildman–Crippen MR) is 76.4 cm³/mol. The molecule has 4 nitrogen and oxygen atoms in total. The van der Waals surface area contributed by atoms with Gasteiger partial charge in [0.05, 0.1) is 11.2 Å². The first-order valence-corrected chi connectivity index (χ1v) is 6.87. The number of aryl methyl sites for hydroxylation is 1. The third-order valence-corrected chi connectivity index (χ3v) is 4.22. The molecule has 2 rings (SSSR count). The second kappa shape index (κ2) is 6.50. The Hall–Kier alpha value is -0.650. The molecule has 0 spiro atoms. The molecular weight excluding hydrogens is 270 g/mol. The van der Waals surface area contributed by atoms with Crippen molar-refractivity contribution in [2.45, 2.75) is 32.7 Å². The van der Waals surface area contributed by atoms with Crippen LogP contribution in [0.3, 0.4) is 0 Å². The average molecular weight is 290 g/mol. The summed E-state index contributed by atoms with van der Waals surface area (Å²) in [6.07, 6.45) is 3.86. The van der Waals surface area contributed by atoms with Crippen molar-refractivity contribution in [2.75, 3.05) is 13.1 Å². The number of thiazole rings is 1. The van der Waals surface area contributed by atoms with Gasteiger partial charge in [-0.1, -0.05) is 0 Å². The quantitative estimate of drug-likeness (QED) is 0.907. The molecule has 6 heteroatoms. The van der Waals surface area contributed by atoms with Crippen LogP contribution in [0.2, 0.25) is 0 Å². The van der Waals surface area contributed by atoms with Crippen LogP contribution in [-0.2, 0) is 0 Å². The van der Waals surface area contributed by atoms with Gasteiger partial charge < -0.3 is 10.6 Å². The van der Waals surface area contributed by atoms with Crippen molar-refractivity contribution in [1.29, 1.82) is 0 Å². The molecule has 2 N–H and O–H groups in total. The zero-order valence-electron chi connectivity index (χ0n) is 10.8. The summed E-state index contributed by atoms with van der Waals surface area (Å²) in [5.41, 5.74) is 5.92. The highest BCUT2D eigenvalue weighted by molar-refractivity contribution is 7.13. The van der Waals surface area contributed by atoms with E-state index in [1.807, 2.05) is 18.7 Å². The lowest BCUT2D eigenvalue weighted by atomic mass is 9.92. The summed E-state index contributed by atoms with van der Waals surface area (Å²) in [5, 5.41) is 0.939. The van der Waals surface area contributed by atoms with Gasteiger partial charge in [-0.2, -0.15) is 0 Å². The van der Waals surface area contributed by atoms with Crippen LogP contribution >= 0.6 is 23.7 Å². The Bertz CT molecular complexity index is 408. The fourth-order valence-corrected chi connectivity index (χ4v) is 2.99. The molecule has 102 valence electrons. The minimum absolute atomic E-state index is 0. The van der Waals surface area contributed by atoms with Crippen LogP contribution in [0.15, 0.2) is 6.20 Å². The van der Waals surface area contributed by atoms with E-state index in [1.54, 1.807) is 6.20 Å². The number of aromatic nitrogens is 1. The van der Waals surface area contributed by atoms with E-state index in [9.17, 15) is 4.79 Å². The number of carbonyl (C=O) groups is 1. The SMILES string of the molecule is Cc1ncc(C(=O)N2CCCC(C(C)N)C2)s1.Cl. The van der Waals surface area contributed by atoms with E-state index in [4.69, 9.17) is 5.73 Å². The molecule has 0 saturated carbocycles. The third-order valence-electron chi connectivity index (χ3n) is 3.32. The fourth-order valence-electron chi connectivity index (χ4n) is 2.24. The number of hydrogen-bond donors (Lipinski definition) is 1. The number of nitrogens with two attached hydrogens (primary N) is 1. The minimum Gasteiger partial charge on any atom is -0.338 e. The lowest BCUT2D eigenvalue weighted by Crippen LogP contribution is -2.44. The molecule has 18 heavy (non-hydrogen) atoms. The summed E-state index contributed by atoms with van der Waals surface area (Å²) >= 11 is 1.47. The maximum Gasteiger partial charge on any atom is 0.265 e. The molecule has 1 aromatic heterocycles. The molecule has 0 bridgehead atoms. The molecular formula is C12H20ClN3OS. The smallest absolute Gasteiger partial charge is 0.265 e. The van der Waals surface area contributed by atoms with E-state index >= 15 is 0 Å². The van der Waals surface area contributed by atoms with E-state index < -0.39 is 0 Å². The first-order valence-electron chi connectivity index (χ1n) is 6.05. The van der Waals surface area contributed by atoms with E-state index in [0.29, 0.717) is 5.92 Å². The molecule has 1 saturated heterocycles. The Morgan fingerprint density at radius 2 is 2.39 bits per heavy atom. The Kier molecular flexibility index (Phi) is 5.56. The normalized spacial score (nSPS) is 21.3. The second-order valence-corrected chi connectivity index (χ2v) is 5.99. The van der Waals surface area contributed by atoms with E-state index in [0.717, 1.165) is 35.8 Å². The molecule has 2 unspecified atom stereocenters. The van der Waals surface area contributed by atoms with E-state index in [1.165, 1.54) is 11.3 Å². The van der Waals surface area contributed by atoms with Gasteiger partial charge in [-0.3, -0.25) is 4.79 Å². The van der Waals surface area contributed by atoms with Crippen molar-refractivity contribution < 1.29 is 4.79 Å². The summed E-state index contributed by atoms with van der Waals surface area (Å²) in [6.45, 7) is 5.57. The summed E-state index contributed by atoms with van der Waals surface area (Å²) in [6, 6.07) is 0.161. The topological polar surface area (TPSA) is 59.2 Å². The third kappa shape index (κ3) is 3.43. The van der Waals surface area contributed by atoms with Crippen LogP contribution in [-0.4, -0.2) is 34.9 Å². The number of halogens is 1. The minimum atomic E-state index is 0. The lowest BCUT2D eigenvalue weighted by molar-refractivity contribution is 0.0665. The first kappa shape index (κ1) is 15.4. The Labute approximate surface area is 118 Å². The molecule has 0 aliphatic carbocycles. The van der Waals surface area contributed by atoms with Gasteiger partial charge in [0.1, 0.15) is 4.88 Å². The Morgan fingerprint density at radius 3 is 2.94 bits per heavy atom. The fraction of sp³-hybridized carbons (Fsp3) is 0.667. The van der Waals surface area contributed by atoms with Crippen LogP contribution in [0.1, 0.15) is 34.4 Å². The van der Waals surface area contributed by atoms with Crippen molar-refractivity contribution in [3.63, 3.8) is 0 Å². The van der Waals surface area contributed by atoms with Crippen LogP contribution in [0, 0.1) is 12.8 Å². The number of amides is 1. The maximum atomic E-state index is 12.2. The van der Waals surface area contributed by atoms with Crippen molar-refractivity contribution >= 4 is 29.7 Å². The largest absolute Gasteiger partial charge is 0.338 e. The number of likely N-dealkylation sites (tertiary alicyclic amines) is 1. The van der Waals surface area contributed by atoms with Crippen LogP contribution in [0.25, 0.3) is 0 Å². The summed E-state index contributed by atoms with van der Waals surface area (Å²) in [7, 11) is 0. The Morgan fingerprint density at radius 1 is 1.67 bits per heavy atom. The van der Waals surface area contributed by atoms with Crippen LogP contribution < -0.4 is 5.73 Å². The molecule has 1 aromatic rings. The monoisotopic (exact) mass is 289 g/mol. The van der Waals surface area contributed by atoms with Crippen molar-refractivity contribution in [3.05, 3.63) is 16.1 Å². The van der Waals surface area contributed by atoms with Gasteiger partial charge in [-0.25, -0.2) is 4.98 Å². The number of carbonyl (C=O) groups excluding carboxylic acids is 1. The van der Waals surface area contributed by atoms with Gasteiger partial charge in [0.2, 0.25) is 0 Å². The predicted octanol–water partition coefficient (Wildman–Crippen LogP) is 2.07. The van der Waals surface area contributed by atoms with Gasteiger partial charge in [0.15, 0.2) is 0 Å². The van der Waals surface area contributed by atoms with Crippen LogP contribution in [0.5, 0.6) is 0 Å². The molecule has 1 aliphatic heterocycles. The summed E-state index contributed by atoms with van der Waals surface area (Å²) in [5.74, 6) is 0.544. The first-order chi connectivity index (χ1) is 8.08. The van der Waals surface area contributed by atoms with Gasteiger partial charge in [-0.15, -0.1) is 23.7 Å². The Balaban J connectivity index is 0.00000162. The lowest BCUT2D eigenvalue weighted by Gasteiger charge is -2.34. The zero-order valence-corrected chi connectivity index (χ0v) is 12.4. The molecule has 2 heterocycles. The molecule has 1 fully saturated rings. The molecule has 1 amide bonds. The molecule has 2 atom stereocenters. The molecule has 1 aliphatic rings. The zero-order chi connectivity index (χ0) is 12.4. The van der Waals surface area contributed by atoms with Crippen LogP contribution in [0.4, 0.5) is 0 Å². The van der Waals surface area contributed by atoms with Gasteiger partial charge >= 0.3 is 0 Å². The highest BCUT2D eigenvalue weighted by Crippen LogP contribution is 2.22. The second-order valence-electron chi connectivity index (χ2n) is 4.76. The summed E-state index contributed by atoms with van der Waals surface area (Å²) in [4.78, 5) is 19.0. The highest BCUT2D eigenvalue weighted by Gasteiger charge is 2.27. The molecule has 0 radical (unpaired) electrons. The number of rotatable bonds is 2. The molecule has 0 aromatic carbocycles. The van der Waals surface area contributed by atoms with E-state index in [2.05, 4.69) is 4.98 Å². The van der Waals surface area contributed by atoms with Gasteiger partial charge in [0, 0.05) is 19.1 Å².